The average Bonchev–Trinajstić information content (AvgIpc) is 3.16. The fourth-order valence-electron chi connectivity index (χ4n) is 5.97. The van der Waals surface area contributed by atoms with Gasteiger partial charge < -0.3 is 34.2 Å². The molecule has 0 saturated heterocycles. The molecule has 0 amide bonds. The maximum Gasteiger partial charge on any atom is 0.469 e. The van der Waals surface area contributed by atoms with Crippen LogP contribution < -0.4 is 4.74 Å². The van der Waals surface area contributed by atoms with Gasteiger partial charge in [0.25, 0.3) is 0 Å². The molecule has 5 atom stereocenters. The summed E-state index contributed by atoms with van der Waals surface area (Å²) in [5.41, 5.74) is 1.80. The lowest BCUT2D eigenvalue weighted by Crippen LogP contribution is -2.29. The van der Waals surface area contributed by atoms with Crippen LogP contribution in [0.5, 0.6) is 5.75 Å². The van der Waals surface area contributed by atoms with Gasteiger partial charge in [-0.2, -0.15) is 0 Å². The maximum atomic E-state index is 11.8. The number of ether oxygens (including phenoxy) is 2. The highest BCUT2D eigenvalue weighted by molar-refractivity contribution is 7.46. The van der Waals surface area contributed by atoms with Crippen LogP contribution in [0, 0.1) is 17.8 Å². The van der Waals surface area contributed by atoms with Gasteiger partial charge in [-0.25, -0.2) is 18.7 Å². The third-order valence-electron chi connectivity index (χ3n) is 7.53. The van der Waals surface area contributed by atoms with E-state index in [9.17, 15) is 38.3 Å². The van der Waals surface area contributed by atoms with Crippen LogP contribution >= 0.6 is 15.6 Å². The Bertz CT molecular complexity index is 1110. The minimum absolute atomic E-state index is 0.00817. The van der Waals surface area contributed by atoms with E-state index >= 15 is 0 Å². The fourth-order valence-corrected chi connectivity index (χ4v) is 7.17. The molecule has 0 bridgehead atoms. The van der Waals surface area contributed by atoms with Crippen molar-refractivity contribution in [1.82, 2.24) is 0 Å². The fraction of sp³-hybridized carbons (Fsp3) is 0.680. The van der Waals surface area contributed by atoms with E-state index in [0.29, 0.717) is 44.3 Å². The van der Waals surface area contributed by atoms with Crippen molar-refractivity contribution >= 4 is 27.6 Å². The Hall–Kier alpha value is -1.82. The number of rotatable bonds is 16. The van der Waals surface area contributed by atoms with Gasteiger partial charge in [-0.15, -0.1) is 0 Å². The minimum Gasteiger partial charge on any atom is -0.482 e. The lowest BCUT2D eigenvalue weighted by Gasteiger charge is -2.33. The number of unbranched alkanes of at least 4 members (excludes halogenated alkanes) is 2. The summed E-state index contributed by atoms with van der Waals surface area (Å²) in [6.07, 6.45) is 3.72. The first kappa shape index (κ1) is 32.7. The highest BCUT2D eigenvalue weighted by atomic mass is 31.2. The van der Waals surface area contributed by atoms with Gasteiger partial charge in [-0.1, -0.05) is 38.3 Å². The van der Waals surface area contributed by atoms with Crippen LogP contribution in [0.2, 0.25) is 0 Å². The van der Waals surface area contributed by atoms with Gasteiger partial charge in [0, 0.05) is 0 Å². The molecule has 5 N–H and O–H groups in total. The molecule has 1 aromatic carbocycles. The molecule has 0 aromatic heterocycles. The van der Waals surface area contributed by atoms with Crippen LogP contribution in [0.4, 0.5) is 0 Å². The summed E-state index contributed by atoms with van der Waals surface area (Å²) in [5.74, 6) is -1.96. The molecule has 15 heteroatoms. The number of phosphoric ester groups is 2. The Morgan fingerprint density at radius 2 is 1.77 bits per heavy atom. The van der Waals surface area contributed by atoms with E-state index in [1.54, 1.807) is 12.1 Å². The predicted molar refractivity (Wildman–Crippen MR) is 140 cm³/mol. The summed E-state index contributed by atoms with van der Waals surface area (Å²) in [6, 6.07) is 5.38. The quantitative estimate of drug-likeness (QED) is 0.104. The van der Waals surface area contributed by atoms with E-state index < -0.39 is 53.0 Å². The van der Waals surface area contributed by atoms with Gasteiger partial charge >= 0.3 is 27.6 Å². The van der Waals surface area contributed by atoms with Crippen molar-refractivity contribution in [2.24, 2.45) is 17.8 Å². The molecule has 0 heterocycles. The highest BCUT2D eigenvalue weighted by Crippen LogP contribution is 2.53. The van der Waals surface area contributed by atoms with Gasteiger partial charge in [0.15, 0.2) is 13.2 Å². The number of hydrogen-bond donors (Lipinski definition) is 5. The minimum atomic E-state index is -4.80. The predicted octanol–water partition coefficient (Wildman–Crippen LogP) is 3.36. The van der Waals surface area contributed by atoms with Crippen LogP contribution in [-0.2, 0) is 45.3 Å². The molecular weight excluding hydrogens is 570 g/mol. The molecule has 3 rings (SSSR count). The monoisotopic (exact) mass is 608 g/mol. The van der Waals surface area contributed by atoms with Gasteiger partial charge in [-0.3, -0.25) is 9.05 Å². The van der Waals surface area contributed by atoms with Gasteiger partial charge in [0.1, 0.15) is 5.75 Å². The Morgan fingerprint density at radius 1 is 1.02 bits per heavy atom. The number of esters is 1. The van der Waals surface area contributed by atoms with E-state index in [1.165, 1.54) is 0 Å². The highest BCUT2D eigenvalue weighted by Gasteiger charge is 2.48. The maximum absolute atomic E-state index is 11.8. The van der Waals surface area contributed by atoms with Gasteiger partial charge in [0.05, 0.1) is 12.2 Å². The lowest BCUT2D eigenvalue weighted by molar-refractivity contribution is -0.156. The molecule has 2 aliphatic carbocycles. The first-order valence-corrected chi connectivity index (χ1v) is 16.4. The molecule has 13 nitrogen and oxygen atoms in total. The molecule has 0 aliphatic heterocycles. The molecule has 226 valence electrons. The number of carboxylic acid groups (broad SMARTS) is 1. The van der Waals surface area contributed by atoms with Crippen LogP contribution in [0.1, 0.15) is 63.0 Å². The molecule has 40 heavy (non-hydrogen) atoms. The molecule has 0 spiro atoms. The number of carboxylic acids is 1. The second-order valence-electron chi connectivity index (χ2n) is 10.4. The number of phosphoric acid groups is 2. The number of carbonyl (C=O) groups is 2. The Balaban J connectivity index is 1.75. The summed E-state index contributed by atoms with van der Waals surface area (Å²) in [4.78, 5) is 60.4. The Morgan fingerprint density at radius 3 is 2.42 bits per heavy atom. The van der Waals surface area contributed by atoms with Crippen LogP contribution in [-0.4, -0.2) is 62.0 Å². The second kappa shape index (κ2) is 14.4. The van der Waals surface area contributed by atoms with E-state index in [-0.39, 0.29) is 17.8 Å². The number of carbonyl (C=O) groups excluding carboxylic acids is 1. The molecular formula is C25H38O13P2. The molecule has 1 saturated carbocycles. The van der Waals surface area contributed by atoms with Crippen molar-refractivity contribution in [3.63, 3.8) is 0 Å². The third kappa shape index (κ3) is 10.2. The van der Waals surface area contributed by atoms with Crippen molar-refractivity contribution in [2.45, 2.75) is 76.9 Å². The summed E-state index contributed by atoms with van der Waals surface area (Å²) < 4.78 is 43.9. The molecule has 1 fully saturated rings. The molecule has 0 radical (unpaired) electrons. The van der Waals surface area contributed by atoms with Crippen molar-refractivity contribution in [1.29, 1.82) is 0 Å². The largest absolute Gasteiger partial charge is 0.482 e. The van der Waals surface area contributed by atoms with Crippen LogP contribution in [0.3, 0.4) is 0 Å². The lowest BCUT2D eigenvalue weighted by atomic mass is 9.73. The summed E-state index contributed by atoms with van der Waals surface area (Å²) in [5, 5.41) is 8.65. The zero-order chi connectivity index (χ0) is 29.5. The van der Waals surface area contributed by atoms with Crippen molar-refractivity contribution in [3.05, 3.63) is 29.3 Å². The SMILES string of the molecule is CCCCC[C@@H](CC[C@@H]1[C@H]2Cc3cccc(OCC(=O)OCC(=O)O)c3C[C@H]2C[C@H]1OP(=O)(O)O)OP(=O)(O)O. The number of aliphatic carboxylic acids is 1. The average molecular weight is 609 g/mol. The van der Waals surface area contributed by atoms with E-state index in [0.717, 1.165) is 30.4 Å². The van der Waals surface area contributed by atoms with E-state index in [2.05, 4.69) is 4.74 Å². The molecule has 0 unspecified atom stereocenters. The van der Waals surface area contributed by atoms with Crippen molar-refractivity contribution in [3.8, 4) is 5.75 Å². The number of fused-ring (bicyclic) bond motifs is 2. The summed E-state index contributed by atoms with van der Waals surface area (Å²) >= 11 is 0. The van der Waals surface area contributed by atoms with Crippen LogP contribution in [0.15, 0.2) is 18.2 Å². The van der Waals surface area contributed by atoms with Crippen molar-refractivity contribution in [2.75, 3.05) is 13.2 Å². The van der Waals surface area contributed by atoms with Gasteiger partial charge in [-0.05, 0) is 73.5 Å². The van der Waals surface area contributed by atoms with E-state index in [1.807, 2.05) is 13.0 Å². The molecule has 1 aromatic rings. The first-order chi connectivity index (χ1) is 18.8. The zero-order valence-electron chi connectivity index (χ0n) is 22.3. The van der Waals surface area contributed by atoms with E-state index in [4.69, 9.17) is 18.9 Å². The second-order valence-corrected chi connectivity index (χ2v) is 12.8. The third-order valence-corrected chi connectivity index (χ3v) is 8.65. The van der Waals surface area contributed by atoms with Crippen molar-refractivity contribution < 1.29 is 61.9 Å². The normalized spacial score (nSPS) is 23.2. The standard InChI is InChI=1S/C25H38O13P2/c1-2-3-4-7-18(37-39(29,30)31)9-10-19-20-11-16-6-5-8-22(35-15-25(28)36-14-24(26)27)21(16)12-17(20)13-23(19)38-40(32,33)34/h5-6,8,17-20,23H,2-4,7,9-15H2,1H3,(H,26,27)(H2,29,30,31)(H2,32,33,34)/t17-,18-,19+,20-,23+/m0/s1. The first-order valence-electron chi connectivity index (χ1n) is 13.3. The summed E-state index contributed by atoms with van der Waals surface area (Å²) in [7, 11) is -9.51. The Labute approximate surface area is 232 Å². The number of hydrogen-bond acceptors (Lipinski definition) is 8. The topological polar surface area (TPSA) is 206 Å². The summed E-state index contributed by atoms with van der Waals surface area (Å²) in [6.45, 7) is 0.785. The number of benzene rings is 1. The van der Waals surface area contributed by atoms with Crippen LogP contribution in [0.25, 0.3) is 0 Å². The van der Waals surface area contributed by atoms with Gasteiger partial charge in [0.2, 0.25) is 0 Å². The smallest absolute Gasteiger partial charge is 0.469 e. The zero-order valence-corrected chi connectivity index (χ0v) is 24.1. The molecule has 2 aliphatic rings. The Kier molecular flexibility index (Phi) is 11.8.